The highest BCUT2D eigenvalue weighted by molar-refractivity contribution is 6.12. The molecule has 322 valence electrons. The lowest BCUT2D eigenvalue weighted by Crippen LogP contribution is -2.55. The number of hydrogen-bond donors (Lipinski definition) is 2. The normalized spacial score (nSPS) is 24.4. The van der Waals surface area contributed by atoms with Crippen LogP contribution in [-0.2, 0) is 31.1 Å². The quantitative estimate of drug-likeness (QED) is 0.109. The van der Waals surface area contributed by atoms with Crippen molar-refractivity contribution in [3.63, 3.8) is 0 Å². The van der Waals surface area contributed by atoms with Crippen molar-refractivity contribution in [2.45, 2.75) is 68.3 Å². The number of amides is 2. The molecule has 0 radical (unpaired) electrons. The summed E-state index contributed by atoms with van der Waals surface area (Å²) in [6.45, 7) is 2.07. The summed E-state index contributed by atoms with van der Waals surface area (Å²) in [6.07, 6.45) is 3.97. The molecule has 0 bridgehead atoms. The van der Waals surface area contributed by atoms with E-state index < -0.39 is 41.5 Å². The summed E-state index contributed by atoms with van der Waals surface area (Å²) in [5, 5.41) is 13.2. The smallest absolute Gasteiger partial charge is 0.324 e. The highest BCUT2D eigenvalue weighted by Crippen LogP contribution is 2.66. The summed E-state index contributed by atoms with van der Waals surface area (Å²) in [7, 11) is 2.03. The minimum absolute atomic E-state index is 0.00827. The van der Waals surface area contributed by atoms with E-state index in [0.29, 0.717) is 47.8 Å². The number of benzene rings is 5. The van der Waals surface area contributed by atoms with E-state index in [0.717, 1.165) is 49.8 Å². The number of fused-ring (bicyclic) bond motifs is 3. The largest absolute Gasteiger partial charge is 0.491 e. The van der Waals surface area contributed by atoms with Gasteiger partial charge in [0.15, 0.2) is 0 Å². The molecule has 5 aromatic carbocycles. The molecule has 4 heterocycles. The molecule has 10 heteroatoms. The number of anilines is 1. The molecule has 3 saturated heterocycles. The Morgan fingerprint density at radius 1 is 0.825 bits per heavy atom. The molecule has 1 spiro atoms. The van der Waals surface area contributed by atoms with E-state index in [1.54, 1.807) is 0 Å². The molecule has 0 aliphatic carbocycles. The third kappa shape index (κ3) is 8.02. The topological polar surface area (TPSA) is 112 Å². The molecule has 4 aliphatic heterocycles. The molecule has 0 unspecified atom stereocenters. The van der Waals surface area contributed by atoms with Crippen LogP contribution in [0.25, 0.3) is 0 Å². The number of hydrogen-bond acceptors (Lipinski definition) is 8. The predicted octanol–water partition coefficient (Wildman–Crippen LogP) is 7.60. The van der Waals surface area contributed by atoms with Crippen LogP contribution in [0.15, 0.2) is 133 Å². The van der Waals surface area contributed by atoms with Crippen LogP contribution in [0, 0.1) is 17.8 Å². The fourth-order valence-electron chi connectivity index (χ4n) is 10.5. The lowest BCUT2D eigenvalue weighted by Gasteiger charge is -2.46. The van der Waals surface area contributed by atoms with Gasteiger partial charge in [-0.05, 0) is 66.4 Å². The first-order valence-electron chi connectivity index (χ1n) is 22.3. The lowest BCUT2D eigenvalue weighted by molar-refractivity contribution is -0.179. The van der Waals surface area contributed by atoms with Gasteiger partial charge in [0.05, 0.1) is 31.2 Å². The fourth-order valence-corrected chi connectivity index (χ4v) is 10.5. The van der Waals surface area contributed by atoms with Crippen molar-refractivity contribution >= 4 is 23.5 Å². The number of carbonyl (C=O) groups is 3. The first-order chi connectivity index (χ1) is 30.9. The van der Waals surface area contributed by atoms with E-state index in [-0.39, 0.29) is 25.0 Å². The minimum Gasteiger partial charge on any atom is -0.491 e. The zero-order valence-electron chi connectivity index (χ0n) is 35.7. The number of aliphatic hydroxyl groups is 1. The van der Waals surface area contributed by atoms with Gasteiger partial charge in [-0.15, -0.1) is 0 Å². The lowest BCUT2D eigenvalue weighted by atomic mass is 9.64. The molecule has 4 aliphatic rings. The maximum atomic E-state index is 15.9. The maximum absolute atomic E-state index is 15.9. The van der Waals surface area contributed by atoms with Gasteiger partial charge in [-0.1, -0.05) is 140 Å². The van der Waals surface area contributed by atoms with Crippen LogP contribution in [0.1, 0.15) is 83.7 Å². The summed E-state index contributed by atoms with van der Waals surface area (Å²) >= 11 is 0. The number of nitrogens with one attached hydrogen (secondary N) is 1. The third-order valence-electron chi connectivity index (χ3n) is 13.2. The van der Waals surface area contributed by atoms with E-state index in [1.807, 2.05) is 133 Å². The number of ether oxygens (including phenoxy) is 2. The van der Waals surface area contributed by atoms with Crippen LogP contribution in [0.3, 0.4) is 0 Å². The third-order valence-corrected chi connectivity index (χ3v) is 13.2. The first kappa shape index (κ1) is 42.1. The van der Waals surface area contributed by atoms with Gasteiger partial charge in [0.25, 0.3) is 0 Å². The molecule has 5 aromatic rings. The fraction of sp³-hybridized carbons (Fsp3) is 0.340. The SMILES string of the molecule is CN(CC#Cc1ccc2c(c1)[C@]1(C(=O)N2)[C@H](c2ccccc2OCCO)N2[C@H](c3ccccc3)[C@H](c3ccccc3)OC(=O)[C@H]2[C@@H]1C(=O)N1CCCCCCC1)Cc1ccccc1. The molecule has 0 saturated carbocycles. The van der Waals surface area contributed by atoms with Gasteiger partial charge in [-0.3, -0.25) is 24.2 Å². The molecule has 6 atom stereocenters. The molecule has 2 amide bonds. The second-order valence-electron chi connectivity index (χ2n) is 17.1. The molecule has 9 rings (SSSR count). The van der Waals surface area contributed by atoms with Crippen molar-refractivity contribution in [3.8, 4) is 17.6 Å². The number of nitrogens with zero attached hydrogens (tertiary/aromatic N) is 3. The first-order valence-corrected chi connectivity index (χ1v) is 22.3. The number of rotatable bonds is 10. The standard InChI is InChI=1S/C53H54N4O6/c1-55(36-38-19-8-5-9-20-38)30-18-21-37-28-29-43-42(35-37)53(52(61)54-43)45(50(59)56-31-16-3-2-4-17-32-56)47-51(60)63-48(40-24-12-7-13-25-40)46(39-22-10-6-11-23-39)57(47)49(53)41-26-14-15-27-44(41)62-34-33-58/h5-15,19-20,22-29,35,45-49,58H,2-4,16-17,30-34,36H2,1H3,(H,54,61)/t45-,46-,47-,48+,49+,53-/m1/s1. The molecule has 63 heavy (non-hydrogen) atoms. The van der Waals surface area contributed by atoms with E-state index in [4.69, 9.17) is 9.47 Å². The Labute approximate surface area is 369 Å². The van der Waals surface area contributed by atoms with Crippen LogP contribution in [0.4, 0.5) is 5.69 Å². The Morgan fingerprint density at radius 3 is 2.19 bits per heavy atom. The van der Waals surface area contributed by atoms with Crippen molar-refractivity contribution < 1.29 is 29.0 Å². The number of para-hydroxylation sites is 1. The van der Waals surface area contributed by atoms with Gasteiger partial charge in [-0.2, -0.15) is 0 Å². The Morgan fingerprint density at radius 2 is 1.48 bits per heavy atom. The summed E-state index contributed by atoms with van der Waals surface area (Å²) in [5.74, 6) is 4.82. The van der Waals surface area contributed by atoms with Crippen LogP contribution in [0.5, 0.6) is 5.75 Å². The molecule has 0 aromatic heterocycles. The van der Waals surface area contributed by atoms with Crippen molar-refractivity contribution in [3.05, 3.63) is 167 Å². The molecular formula is C53H54N4O6. The van der Waals surface area contributed by atoms with Crippen LogP contribution in [-0.4, -0.2) is 83.5 Å². The van der Waals surface area contributed by atoms with Gasteiger partial charge in [-0.25, -0.2) is 0 Å². The Balaban J connectivity index is 1.27. The molecular weight excluding hydrogens is 789 g/mol. The highest BCUT2D eigenvalue weighted by atomic mass is 16.6. The Bertz CT molecular complexity index is 2480. The summed E-state index contributed by atoms with van der Waals surface area (Å²) in [6, 6.07) is 40.4. The van der Waals surface area contributed by atoms with Crippen molar-refractivity contribution in [1.29, 1.82) is 0 Å². The average molecular weight is 843 g/mol. The summed E-state index contributed by atoms with van der Waals surface area (Å²) < 4.78 is 13.0. The van der Waals surface area contributed by atoms with Crippen molar-refractivity contribution in [1.82, 2.24) is 14.7 Å². The average Bonchev–Trinajstić information content (AvgIpc) is 3.77. The van der Waals surface area contributed by atoms with Gasteiger partial charge < -0.3 is 24.8 Å². The summed E-state index contributed by atoms with van der Waals surface area (Å²) in [5.41, 5.74) is 3.69. The van der Waals surface area contributed by atoms with E-state index in [1.165, 1.54) is 5.56 Å². The number of morpholine rings is 1. The Kier molecular flexibility index (Phi) is 12.4. The number of esters is 1. The number of carbonyl (C=O) groups excluding carboxylic acids is 3. The van der Waals surface area contributed by atoms with Crippen LogP contribution in [0.2, 0.25) is 0 Å². The predicted molar refractivity (Wildman–Crippen MR) is 241 cm³/mol. The minimum atomic E-state index is -1.66. The maximum Gasteiger partial charge on any atom is 0.324 e. The van der Waals surface area contributed by atoms with E-state index in [2.05, 4.69) is 39.1 Å². The van der Waals surface area contributed by atoms with Crippen LogP contribution < -0.4 is 10.1 Å². The molecule has 3 fully saturated rings. The second-order valence-corrected chi connectivity index (χ2v) is 17.1. The van der Waals surface area contributed by atoms with Gasteiger partial charge >= 0.3 is 5.97 Å². The Hall–Kier alpha value is -6.25. The zero-order valence-corrected chi connectivity index (χ0v) is 35.7. The second kappa shape index (κ2) is 18.6. The van der Waals surface area contributed by atoms with Gasteiger partial charge in [0.1, 0.15) is 29.9 Å². The van der Waals surface area contributed by atoms with E-state index >= 15 is 14.4 Å². The monoisotopic (exact) mass is 842 g/mol. The molecule has 2 N–H and O–H groups in total. The van der Waals surface area contributed by atoms with Crippen molar-refractivity contribution in [2.75, 3.05) is 45.2 Å². The van der Waals surface area contributed by atoms with Gasteiger partial charge in [0.2, 0.25) is 11.8 Å². The van der Waals surface area contributed by atoms with Gasteiger partial charge in [0, 0.05) is 36.4 Å². The number of likely N-dealkylation sites (tertiary alicyclic amines) is 1. The number of cyclic esters (lactones) is 1. The zero-order chi connectivity index (χ0) is 43.3. The van der Waals surface area contributed by atoms with Crippen LogP contribution >= 0.6 is 0 Å². The molecule has 10 nitrogen and oxygen atoms in total. The summed E-state index contributed by atoms with van der Waals surface area (Å²) in [4.78, 5) is 53.1. The van der Waals surface area contributed by atoms with E-state index in [9.17, 15) is 5.11 Å². The highest BCUT2D eigenvalue weighted by Gasteiger charge is 2.74. The number of aliphatic hydroxyl groups excluding tert-OH is 1. The van der Waals surface area contributed by atoms with Crippen molar-refractivity contribution in [2.24, 2.45) is 5.92 Å².